The van der Waals surface area contributed by atoms with Crippen LogP contribution in [-0.4, -0.2) is 9.97 Å². The Hall–Kier alpha value is -0.480. The van der Waals surface area contributed by atoms with E-state index in [9.17, 15) is 0 Å². The lowest BCUT2D eigenvalue weighted by Crippen LogP contribution is -2.07. The molecule has 0 aliphatic rings. The first kappa shape index (κ1) is 7.63. The molecular formula is C6H8BrN3. The molecule has 1 unspecified atom stereocenters. The molecule has 4 heteroatoms. The molecule has 1 atom stereocenters. The van der Waals surface area contributed by atoms with Gasteiger partial charge in [0.25, 0.3) is 0 Å². The van der Waals surface area contributed by atoms with Crippen LogP contribution in [0.4, 0.5) is 0 Å². The molecule has 1 rings (SSSR count). The minimum Gasteiger partial charge on any atom is -0.323 e. The Morgan fingerprint density at radius 1 is 1.50 bits per heavy atom. The molecule has 3 nitrogen and oxygen atoms in total. The maximum atomic E-state index is 5.55. The third-order valence-corrected chi connectivity index (χ3v) is 1.52. The van der Waals surface area contributed by atoms with Crippen LogP contribution in [0.1, 0.15) is 18.7 Å². The maximum absolute atomic E-state index is 5.55. The molecule has 0 aliphatic heterocycles. The van der Waals surface area contributed by atoms with Gasteiger partial charge in [-0.1, -0.05) is 0 Å². The Morgan fingerprint density at radius 2 is 2.20 bits per heavy atom. The van der Waals surface area contributed by atoms with Crippen molar-refractivity contribution in [3.63, 3.8) is 0 Å². The van der Waals surface area contributed by atoms with E-state index >= 15 is 0 Å². The fraction of sp³-hybridized carbons (Fsp3) is 0.333. The summed E-state index contributed by atoms with van der Waals surface area (Å²) in [6.07, 6.45) is 3.30. The average molecular weight is 202 g/mol. The van der Waals surface area contributed by atoms with Crippen molar-refractivity contribution < 1.29 is 0 Å². The van der Waals surface area contributed by atoms with Crippen LogP contribution in [0.5, 0.6) is 0 Å². The van der Waals surface area contributed by atoms with Crippen molar-refractivity contribution in [1.82, 2.24) is 9.97 Å². The molecule has 0 amide bonds. The standard InChI is InChI=1S/C6H8BrN3/c1-4(8)5-2-10-6(7)3-9-5/h2-4H,8H2,1H3. The van der Waals surface area contributed by atoms with Crippen LogP contribution in [0.2, 0.25) is 0 Å². The lowest BCUT2D eigenvalue weighted by atomic mass is 10.3. The maximum Gasteiger partial charge on any atom is 0.124 e. The van der Waals surface area contributed by atoms with Crippen LogP contribution in [0.25, 0.3) is 0 Å². The van der Waals surface area contributed by atoms with E-state index in [1.54, 1.807) is 12.4 Å². The Balaban J connectivity index is 2.89. The van der Waals surface area contributed by atoms with Crippen molar-refractivity contribution in [3.8, 4) is 0 Å². The molecular weight excluding hydrogens is 194 g/mol. The number of rotatable bonds is 1. The van der Waals surface area contributed by atoms with Gasteiger partial charge in [0.2, 0.25) is 0 Å². The first-order chi connectivity index (χ1) is 4.70. The highest BCUT2D eigenvalue weighted by atomic mass is 79.9. The summed E-state index contributed by atoms with van der Waals surface area (Å²) in [7, 11) is 0. The van der Waals surface area contributed by atoms with Gasteiger partial charge in [-0.05, 0) is 22.9 Å². The zero-order chi connectivity index (χ0) is 7.56. The Kier molecular flexibility index (Phi) is 2.34. The van der Waals surface area contributed by atoms with Crippen molar-refractivity contribution in [2.24, 2.45) is 5.73 Å². The van der Waals surface area contributed by atoms with Crippen molar-refractivity contribution >= 4 is 15.9 Å². The lowest BCUT2D eigenvalue weighted by Gasteiger charge is -2.01. The summed E-state index contributed by atoms with van der Waals surface area (Å²) >= 11 is 3.18. The third kappa shape index (κ3) is 1.75. The predicted octanol–water partition coefficient (Wildman–Crippen LogP) is 1.26. The molecule has 2 N–H and O–H groups in total. The average Bonchev–Trinajstić information content (AvgIpc) is 1.88. The zero-order valence-corrected chi connectivity index (χ0v) is 7.17. The fourth-order valence-electron chi connectivity index (χ4n) is 0.557. The summed E-state index contributed by atoms with van der Waals surface area (Å²) in [6.45, 7) is 1.87. The molecule has 0 aliphatic carbocycles. The molecule has 0 fully saturated rings. The molecule has 0 saturated carbocycles. The normalized spacial score (nSPS) is 13.1. The topological polar surface area (TPSA) is 51.8 Å². The highest BCUT2D eigenvalue weighted by Gasteiger charge is 1.99. The molecule has 0 saturated heterocycles. The monoisotopic (exact) mass is 201 g/mol. The molecule has 54 valence electrons. The lowest BCUT2D eigenvalue weighted by molar-refractivity contribution is 0.770. The number of halogens is 1. The molecule has 10 heavy (non-hydrogen) atoms. The number of nitrogens with zero attached hydrogens (tertiary/aromatic N) is 2. The summed E-state index contributed by atoms with van der Waals surface area (Å²) < 4.78 is 0.733. The van der Waals surface area contributed by atoms with Gasteiger partial charge in [0.15, 0.2) is 0 Å². The van der Waals surface area contributed by atoms with Crippen molar-refractivity contribution in [1.29, 1.82) is 0 Å². The first-order valence-corrected chi connectivity index (χ1v) is 3.72. The SMILES string of the molecule is CC(N)c1cnc(Br)cn1. The van der Waals surface area contributed by atoms with Gasteiger partial charge in [0.05, 0.1) is 18.1 Å². The van der Waals surface area contributed by atoms with E-state index in [1.165, 1.54) is 0 Å². The summed E-state index contributed by atoms with van der Waals surface area (Å²) in [4.78, 5) is 8.02. The first-order valence-electron chi connectivity index (χ1n) is 2.93. The Labute approximate surface area is 67.8 Å². The minimum atomic E-state index is -0.0411. The molecule has 1 aromatic rings. The number of hydrogen-bond donors (Lipinski definition) is 1. The molecule has 1 heterocycles. The van der Waals surface area contributed by atoms with Gasteiger partial charge in [0, 0.05) is 6.04 Å². The van der Waals surface area contributed by atoms with E-state index in [2.05, 4.69) is 25.9 Å². The molecule has 1 aromatic heterocycles. The van der Waals surface area contributed by atoms with E-state index in [1.807, 2.05) is 6.92 Å². The van der Waals surface area contributed by atoms with Crippen LogP contribution in [-0.2, 0) is 0 Å². The van der Waals surface area contributed by atoms with Crippen molar-refractivity contribution in [2.45, 2.75) is 13.0 Å². The van der Waals surface area contributed by atoms with E-state index in [4.69, 9.17) is 5.73 Å². The van der Waals surface area contributed by atoms with E-state index < -0.39 is 0 Å². The number of hydrogen-bond acceptors (Lipinski definition) is 3. The molecule has 0 bridgehead atoms. The summed E-state index contributed by atoms with van der Waals surface area (Å²) in [5.74, 6) is 0. The van der Waals surface area contributed by atoms with Gasteiger partial charge < -0.3 is 5.73 Å². The van der Waals surface area contributed by atoms with Crippen LogP contribution < -0.4 is 5.73 Å². The largest absolute Gasteiger partial charge is 0.323 e. The van der Waals surface area contributed by atoms with E-state index in [-0.39, 0.29) is 6.04 Å². The predicted molar refractivity (Wildman–Crippen MR) is 42.3 cm³/mol. The highest BCUT2D eigenvalue weighted by molar-refractivity contribution is 9.10. The van der Waals surface area contributed by atoms with Crippen LogP contribution >= 0.6 is 15.9 Å². The number of nitrogens with two attached hydrogens (primary N) is 1. The van der Waals surface area contributed by atoms with Gasteiger partial charge in [-0.25, -0.2) is 4.98 Å². The second-order valence-corrected chi connectivity index (χ2v) is 2.87. The van der Waals surface area contributed by atoms with Crippen LogP contribution in [0.15, 0.2) is 17.0 Å². The second-order valence-electron chi connectivity index (χ2n) is 2.05. The summed E-state index contributed by atoms with van der Waals surface area (Å²) in [5.41, 5.74) is 6.35. The smallest absolute Gasteiger partial charge is 0.124 e. The van der Waals surface area contributed by atoms with Gasteiger partial charge >= 0.3 is 0 Å². The Bertz CT molecular complexity index is 207. The summed E-state index contributed by atoms with van der Waals surface area (Å²) in [6, 6.07) is -0.0411. The van der Waals surface area contributed by atoms with Crippen molar-refractivity contribution in [2.75, 3.05) is 0 Å². The minimum absolute atomic E-state index is 0.0411. The van der Waals surface area contributed by atoms with Crippen LogP contribution in [0.3, 0.4) is 0 Å². The highest BCUT2D eigenvalue weighted by Crippen LogP contribution is 2.06. The fourth-order valence-corrected chi connectivity index (χ4v) is 0.762. The van der Waals surface area contributed by atoms with Gasteiger partial charge in [-0.15, -0.1) is 0 Å². The quantitative estimate of drug-likeness (QED) is 0.745. The van der Waals surface area contributed by atoms with E-state index in [0.717, 1.165) is 10.3 Å². The van der Waals surface area contributed by atoms with Gasteiger partial charge in [-0.3, -0.25) is 4.98 Å². The second kappa shape index (κ2) is 3.07. The zero-order valence-electron chi connectivity index (χ0n) is 5.58. The van der Waals surface area contributed by atoms with Crippen molar-refractivity contribution in [3.05, 3.63) is 22.7 Å². The Morgan fingerprint density at radius 3 is 2.60 bits per heavy atom. The molecule has 0 radical (unpaired) electrons. The van der Waals surface area contributed by atoms with Crippen LogP contribution in [0, 0.1) is 0 Å². The molecule has 0 aromatic carbocycles. The number of aromatic nitrogens is 2. The molecule has 0 spiro atoms. The summed E-state index contributed by atoms with van der Waals surface area (Å²) in [5, 5.41) is 0. The van der Waals surface area contributed by atoms with E-state index in [0.29, 0.717) is 0 Å². The van der Waals surface area contributed by atoms with Gasteiger partial charge in [-0.2, -0.15) is 0 Å². The van der Waals surface area contributed by atoms with Gasteiger partial charge in [0.1, 0.15) is 4.60 Å². The third-order valence-electron chi connectivity index (χ3n) is 1.11.